The van der Waals surface area contributed by atoms with Crippen LogP contribution < -0.4 is 0 Å². The molecule has 0 radical (unpaired) electrons. The summed E-state index contributed by atoms with van der Waals surface area (Å²) in [7, 11) is 0. The minimum atomic E-state index is -0.287. The van der Waals surface area contributed by atoms with Crippen LogP contribution in [0.1, 0.15) is 0 Å². The third-order valence-electron chi connectivity index (χ3n) is 0.841. The van der Waals surface area contributed by atoms with Crippen LogP contribution >= 0.6 is 12.6 Å². The number of hydrogen-bond donors (Lipinski definition) is 1. The van der Waals surface area contributed by atoms with E-state index in [-0.39, 0.29) is 5.12 Å². The average molecular weight is 166 g/mol. The van der Waals surface area contributed by atoms with Crippen molar-refractivity contribution >= 4 is 17.7 Å². The smallest absolute Gasteiger partial charge is 0.208 e. The second kappa shape index (κ2) is 7.09. The standard InChI is InChI=1S/C6H6.C3H4OS/c1-2-4-6-5-3-1;1-2-3(4)5/h1-6H;2H,1H2,(H,4,5). The Morgan fingerprint density at radius 3 is 1.36 bits per heavy atom. The Labute approximate surface area is 72.2 Å². The van der Waals surface area contributed by atoms with Crippen LogP contribution in [-0.4, -0.2) is 5.12 Å². The van der Waals surface area contributed by atoms with Crippen molar-refractivity contribution in [3.63, 3.8) is 0 Å². The summed E-state index contributed by atoms with van der Waals surface area (Å²) in [4.78, 5) is 9.56. The molecular weight excluding hydrogens is 156 g/mol. The van der Waals surface area contributed by atoms with Crippen LogP contribution in [0.3, 0.4) is 0 Å². The van der Waals surface area contributed by atoms with E-state index >= 15 is 0 Å². The third-order valence-corrected chi connectivity index (χ3v) is 1.02. The summed E-state index contributed by atoms with van der Waals surface area (Å²) in [6, 6.07) is 12.0. The highest BCUT2D eigenvalue weighted by molar-refractivity contribution is 7.97. The Morgan fingerprint density at radius 2 is 1.27 bits per heavy atom. The van der Waals surface area contributed by atoms with Crippen LogP contribution in [0.5, 0.6) is 0 Å². The van der Waals surface area contributed by atoms with Gasteiger partial charge in [0.15, 0.2) is 0 Å². The van der Waals surface area contributed by atoms with Gasteiger partial charge in [-0.15, -0.1) is 12.6 Å². The first-order chi connectivity index (χ1) is 5.27. The third kappa shape index (κ3) is 8.98. The molecule has 0 bridgehead atoms. The summed E-state index contributed by atoms with van der Waals surface area (Å²) >= 11 is 3.34. The summed E-state index contributed by atoms with van der Waals surface area (Å²) in [5, 5.41) is -0.287. The molecule has 1 aromatic carbocycles. The lowest BCUT2D eigenvalue weighted by atomic mass is 10.4. The number of thiol groups is 1. The quantitative estimate of drug-likeness (QED) is 0.500. The topological polar surface area (TPSA) is 17.1 Å². The number of carbonyl (C=O) groups is 1. The molecule has 0 aliphatic rings. The van der Waals surface area contributed by atoms with E-state index in [4.69, 9.17) is 0 Å². The van der Waals surface area contributed by atoms with Gasteiger partial charge in [0.05, 0.1) is 0 Å². The van der Waals surface area contributed by atoms with E-state index in [1.165, 1.54) is 0 Å². The molecule has 58 valence electrons. The number of benzene rings is 1. The Morgan fingerprint density at radius 1 is 1.09 bits per heavy atom. The lowest BCUT2D eigenvalue weighted by molar-refractivity contribution is -0.106. The van der Waals surface area contributed by atoms with E-state index in [0.29, 0.717) is 0 Å². The van der Waals surface area contributed by atoms with Crippen LogP contribution in [0.2, 0.25) is 0 Å². The van der Waals surface area contributed by atoms with Gasteiger partial charge in [-0.05, 0) is 6.08 Å². The Kier molecular flexibility index (Phi) is 6.43. The van der Waals surface area contributed by atoms with Gasteiger partial charge in [0.1, 0.15) is 0 Å². The van der Waals surface area contributed by atoms with E-state index in [9.17, 15) is 4.79 Å². The monoisotopic (exact) mass is 166 g/mol. The van der Waals surface area contributed by atoms with Crippen molar-refractivity contribution in [1.29, 1.82) is 0 Å². The minimum Gasteiger partial charge on any atom is -0.283 e. The van der Waals surface area contributed by atoms with Crippen molar-refractivity contribution < 1.29 is 4.79 Å². The molecule has 2 heteroatoms. The molecule has 1 nitrogen and oxygen atoms in total. The molecule has 1 rings (SSSR count). The predicted octanol–water partition coefficient (Wildman–Crippen LogP) is 2.32. The van der Waals surface area contributed by atoms with Crippen LogP contribution in [0, 0.1) is 0 Å². The minimum absolute atomic E-state index is 0.287. The van der Waals surface area contributed by atoms with Crippen LogP contribution in [0.25, 0.3) is 0 Å². The number of rotatable bonds is 1. The van der Waals surface area contributed by atoms with Crippen molar-refractivity contribution in [3.8, 4) is 0 Å². The molecule has 0 fully saturated rings. The van der Waals surface area contributed by atoms with Gasteiger partial charge < -0.3 is 0 Å². The molecule has 0 unspecified atom stereocenters. The zero-order valence-electron chi connectivity index (χ0n) is 6.10. The molecular formula is C9H10OS. The first-order valence-corrected chi connectivity index (χ1v) is 3.57. The van der Waals surface area contributed by atoms with E-state index in [1.54, 1.807) is 0 Å². The molecule has 0 aliphatic heterocycles. The maximum absolute atomic E-state index is 9.56. The summed E-state index contributed by atoms with van der Waals surface area (Å²) in [6.07, 6.45) is 1.14. The summed E-state index contributed by atoms with van der Waals surface area (Å²) in [5.41, 5.74) is 0. The van der Waals surface area contributed by atoms with Crippen LogP contribution in [0.15, 0.2) is 49.1 Å². The zero-order valence-corrected chi connectivity index (χ0v) is 7.00. The van der Waals surface area contributed by atoms with Crippen molar-refractivity contribution in [2.24, 2.45) is 0 Å². The second-order valence-electron chi connectivity index (χ2n) is 1.70. The lowest BCUT2D eigenvalue weighted by Gasteiger charge is -1.69. The van der Waals surface area contributed by atoms with E-state index in [2.05, 4.69) is 19.2 Å². The summed E-state index contributed by atoms with van der Waals surface area (Å²) in [6.45, 7) is 3.13. The molecule has 1 aromatic rings. The fourth-order valence-corrected chi connectivity index (χ4v) is 0.385. The first kappa shape index (κ1) is 9.98. The Balaban J connectivity index is 0.000000187. The SMILES string of the molecule is C=CC(=O)S.c1ccccc1. The molecule has 0 atom stereocenters. The normalized spacial score (nSPS) is 7.36. The maximum atomic E-state index is 9.56. The van der Waals surface area contributed by atoms with Gasteiger partial charge >= 0.3 is 0 Å². The van der Waals surface area contributed by atoms with Gasteiger partial charge in [-0.25, -0.2) is 0 Å². The van der Waals surface area contributed by atoms with Gasteiger partial charge in [-0.1, -0.05) is 43.0 Å². The van der Waals surface area contributed by atoms with Crippen molar-refractivity contribution in [2.45, 2.75) is 0 Å². The van der Waals surface area contributed by atoms with Crippen LogP contribution in [0.4, 0.5) is 0 Å². The second-order valence-corrected chi connectivity index (χ2v) is 2.14. The van der Waals surface area contributed by atoms with Gasteiger partial charge in [0, 0.05) is 0 Å². The summed E-state index contributed by atoms with van der Waals surface area (Å²) < 4.78 is 0. The molecule has 11 heavy (non-hydrogen) atoms. The molecule has 0 heterocycles. The van der Waals surface area contributed by atoms with Crippen LogP contribution in [-0.2, 0) is 4.79 Å². The highest BCUT2D eigenvalue weighted by Gasteiger charge is 1.71. The average Bonchev–Trinajstić information content (AvgIpc) is 2.09. The summed E-state index contributed by atoms with van der Waals surface area (Å²) in [5.74, 6) is 0. The molecule has 0 N–H and O–H groups in total. The molecule has 0 saturated heterocycles. The highest BCUT2D eigenvalue weighted by atomic mass is 32.1. The largest absolute Gasteiger partial charge is 0.283 e. The Bertz CT molecular complexity index is 179. The predicted molar refractivity (Wildman–Crippen MR) is 50.6 cm³/mol. The fourth-order valence-electron chi connectivity index (χ4n) is 0.385. The fraction of sp³-hybridized carbons (Fsp3) is 0. The molecule has 0 aliphatic carbocycles. The molecule has 0 aromatic heterocycles. The van der Waals surface area contributed by atoms with Gasteiger partial charge in [-0.2, -0.15) is 0 Å². The molecule has 0 saturated carbocycles. The highest BCUT2D eigenvalue weighted by Crippen LogP contribution is 1.79. The maximum Gasteiger partial charge on any atom is 0.208 e. The number of hydrogen-bond acceptors (Lipinski definition) is 1. The van der Waals surface area contributed by atoms with Crippen molar-refractivity contribution in [2.75, 3.05) is 0 Å². The van der Waals surface area contributed by atoms with Gasteiger partial charge in [-0.3, -0.25) is 4.79 Å². The molecule has 0 amide bonds. The van der Waals surface area contributed by atoms with E-state index in [0.717, 1.165) is 6.08 Å². The number of carbonyl (C=O) groups excluding carboxylic acids is 1. The van der Waals surface area contributed by atoms with E-state index in [1.807, 2.05) is 36.4 Å². The van der Waals surface area contributed by atoms with Crippen molar-refractivity contribution in [3.05, 3.63) is 49.1 Å². The van der Waals surface area contributed by atoms with Gasteiger partial charge in [0.25, 0.3) is 0 Å². The Hall–Kier alpha value is -1.02. The zero-order chi connectivity index (χ0) is 8.53. The van der Waals surface area contributed by atoms with Crippen molar-refractivity contribution in [1.82, 2.24) is 0 Å². The lowest BCUT2D eigenvalue weighted by Crippen LogP contribution is -1.68. The first-order valence-electron chi connectivity index (χ1n) is 3.12. The molecule has 0 spiro atoms. The van der Waals surface area contributed by atoms with E-state index < -0.39 is 0 Å². The van der Waals surface area contributed by atoms with Gasteiger partial charge in [0.2, 0.25) is 5.12 Å².